The van der Waals surface area contributed by atoms with Gasteiger partial charge in [-0.05, 0) is 30.3 Å². The molecule has 28 heavy (non-hydrogen) atoms. The number of benzene rings is 2. The Morgan fingerprint density at radius 3 is 2.82 bits per heavy atom. The van der Waals surface area contributed by atoms with Crippen LogP contribution in [0.4, 0.5) is 4.39 Å². The average molecular weight is 416 g/mol. The van der Waals surface area contributed by atoms with E-state index in [2.05, 4.69) is 10.1 Å². The summed E-state index contributed by atoms with van der Waals surface area (Å²) in [6.07, 6.45) is 0.895. The number of nitrogens with zero attached hydrogens (tertiary/aromatic N) is 3. The van der Waals surface area contributed by atoms with Crippen molar-refractivity contribution in [3.8, 4) is 11.5 Å². The van der Waals surface area contributed by atoms with Gasteiger partial charge in [0.1, 0.15) is 12.4 Å². The van der Waals surface area contributed by atoms with Gasteiger partial charge in [-0.1, -0.05) is 41.1 Å². The molecule has 0 bridgehead atoms. The summed E-state index contributed by atoms with van der Waals surface area (Å²) in [5.41, 5.74) is -0.234. The van der Waals surface area contributed by atoms with Gasteiger partial charge in [0.05, 0.1) is 9.55 Å². The van der Waals surface area contributed by atoms with Crippen molar-refractivity contribution in [3.05, 3.63) is 79.6 Å². The molecule has 0 N–H and O–H groups in total. The summed E-state index contributed by atoms with van der Waals surface area (Å²) in [6.45, 7) is 0.243. The van der Waals surface area contributed by atoms with Gasteiger partial charge in [-0.3, -0.25) is 4.79 Å². The van der Waals surface area contributed by atoms with E-state index in [0.717, 1.165) is 11.3 Å². The fourth-order valence-electron chi connectivity index (χ4n) is 2.91. The Balaban J connectivity index is 1.53. The second-order valence-corrected chi connectivity index (χ2v) is 7.50. The number of hydrogen-bond donors (Lipinski definition) is 0. The SMILES string of the molecule is O=c1c(=Cc2c(F)cccc2Cl)sc2nc(C3COc4ccccc4O3)nn12. The van der Waals surface area contributed by atoms with Crippen LogP contribution in [0.3, 0.4) is 0 Å². The normalized spacial score (nSPS) is 16.6. The van der Waals surface area contributed by atoms with Crippen LogP contribution >= 0.6 is 22.9 Å². The maximum absolute atomic E-state index is 14.0. The van der Waals surface area contributed by atoms with Crippen LogP contribution in [-0.4, -0.2) is 21.2 Å². The molecule has 0 aliphatic carbocycles. The van der Waals surface area contributed by atoms with Crippen LogP contribution in [0.2, 0.25) is 5.02 Å². The van der Waals surface area contributed by atoms with Crippen LogP contribution in [0.5, 0.6) is 11.5 Å². The fraction of sp³-hybridized carbons (Fsp3) is 0.105. The minimum absolute atomic E-state index is 0.159. The second-order valence-electron chi connectivity index (χ2n) is 6.08. The molecule has 1 atom stereocenters. The minimum Gasteiger partial charge on any atom is -0.485 e. The van der Waals surface area contributed by atoms with E-state index in [4.69, 9.17) is 21.1 Å². The monoisotopic (exact) mass is 415 g/mol. The lowest BCUT2D eigenvalue weighted by Gasteiger charge is -2.24. The Hall–Kier alpha value is -2.97. The molecule has 0 spiro atoms. The van der Waals surface area contributed by atoms with Gasteiger partial charge in [0.2, 0.25) is 4.96 Å². The summed E-state index contributed by atoms with van der Waals surface area (Å²) in [7, 11) is 0. The van der Waals surface area contributed by atoms with E-state index >= 15 is 0 Å². The molecule has 1 unspecified atom stereocenters. The smallest absolute Gasteiger partial charge is 0.291 e. The predicted octanol–water partition coefficient (Wildman–Crippen LogP) is 3.00. The number of hydrogen-bond acceptors (Lipinski definition) is 6. The van der Waals surface area contributed by atoms with Crippen molar-refractivity contribution < 1.29 is 13.9 Å². The van der Waals surface area contributed by atoms with Gasteiger partial charge in [0.25, 0.3) is 5.56 Å². The number of thiazole rings is 1. The Labute approximate surface area is 166 Å². The highest BCUT2D eigenvalue weighted by Gasteiger charge is 2.27. The van der Waals surface area contributed by atoms with Crippen molar-refractivity contribution in [1.82, 2.24) is 14.6 Å². The zero-order valence-electron chi connectivity index (χ0n) is 14.1. The Bertz CT molecular complexity index is 1300. The van der Waals surface area contributed by atoms with Crippen LogP contribution in [-0.2, 0) is 0 Å². The average Bonchev–Trinajstić information content (AvgIpc) is 3.24. The van der Waals surface area contributed by atoms with E-state index in [9.17, 15) is 9.18 Å². The van der Waals surface area contributed by atoms with Crippen LogP contribution < -0.4 is 19.6 Å². The van der Waals surface area contributed by atoms with E-state index < -0.39 is 17.5 Å². The third kappa shape index (κ3) is 2.81. The van der Waals surface area contributed by atoms with Crippen molar-refractivity contribution >= 4 is 34.0 Å². The molecule has 2 aromatic carbocycles. The number of aromatic nitrogens is 3. The number of fused-ring (bicyclic) bond motifs is 2. The molecule has 9 heteroatoms. The largest absolute Gasteiger partial charge is 0.485 e. The van der Waals surface area contributed by atoms with Crippen LogP contribution in [0.1, 0.15) is 17.5 Å². The molecule has 4 aromatic rings. The highest BCUT2D eigenvalue weighted by molar-refractivity contribution is 7.15. The molecule has 0 fully saturated rings. The van der Waals surface area contributed by atoms with Gasteiger partial charge < -0.3 is 9.47 Å². The van der Waals surface area contributed by atoms with Crippen molar-refractivity contribution in [2.75, 3.05) is 6.61 Å². The van der Waals surface area contributed by atoms with E-state index in [1.54, 1.807) is 12.1 Å². The molecule has 0 amide bonds. The van der Waals surface area contributed by atoms with Gasteiger partial charge >= 0.3 is 0 Å². The Morgan fingerprint density at radius 2 is 2.04 bits per heavy atom. The van der Waals surface area contributed by atoms with Crippen molar-refractivity contribution in [1.29, 1.82) is 0 Å². The molecule has 1 aliphatic heterocycles. The van der Waals surface area contributed by atoms with Gasteiger partial charge in [-0.2, -0.15) is 9.50 Å². The Kier molecular flexibility index (Phi) is 4.03. The summed E-state index contributed by atoms with van der Waals surface area (Å²) in [5.74, 6) is 1.11. The van der Waals surface area contributed by atoms with Gasteiger partial charge in [0, 0.05) is 5.56 Å². The third-order valence-corrected chi connectivity index (χ3v) is 5.56. The summed E-state index contributed by atoms with van der Waals surface area (Å²) < 4.78 is 27.0. The summed E-state index contributed by atoms with van der Waals surface area (Å²) in [5, 5.41) is 4.50. The molecule has 2 aromatic heterocycles. The first-order valence-electron chi connectivity index (χ1n) is 8.34. The lowest BCUT2D eigenvalue weighted by molar-refractivity contribution is 0.0852. The van der Waals surface area contributed by atoms with Crippen LogP contribution in [0.25, 0.3) is 11.0 Å². The zero-order chi connectivity index (χ0) is 19.3. The molecule has 3 heterocycles. The molecule has 0 saturated heterocycles. The highest BCUT2D eigenvalue weighted by Crippen LogP contribution is 2.35. The minimum atomic E-state index is -0.519. The quantitative estimate of drug-likeness (QED) is 0.503. The van der Waals surface area contributed by atoms with Gasteiger partial charge in [-0.15, -0.1) is 5.10 Å². The standard InChI is InChI=1S/C19H11ClFN3O3S/c20-11-4-3-5-12(21)10(11)8-16-18(25)24-19(28-16)22-17(23-24)15-9-26-13-6-1-2-7-14(13)27-15/h1-8,15H,9H2. The van der Waals surface area contributed by atoms with Gasteiger partial charge in [0.15, 0.2) is 23.4 Å². The molecular formula is C19H11ClFN3O3S. The molecule has 0 radical (unpaired) electrons. The van der Waals surface area contributed by atoms with E-state index in [0.29, 0.717) is 26.8 Å². The first kappa shape index (κ1) is 17.2. The molecule has 5 rings (SSSR count). The first-order chi connectivity index (χ1) is 13.6. The topological polar surface area (TPSA) is 65.7 Å². The first-order valence-corrected chi connectivity index (χ1v) is 9.53. The van der Waals surface area contributed by atoms with Gasteiger partial charge in [-0.25, -0.2) is 4.39 Å². The molecular weight excluding hydrogens is 405 g/mol. The lowest BCUT2D eigenvalue weighted by Crippen LogP contribution is -2.26. The van der Waals surface area contributed by atoms with Crippen LogP contribution in [0.15, 0.2) is 47.3 Å². The number of ether oxygens (including phenoxy) is 2. The maximum Gasteiger partial charge on any atom is 0.291 e. The third-order valence-electron chi connectivity index (χ3n) is 4.27. The lowest BCUT2D eigenvalue weighted by atomic mass is 10.2. The zero-order valence-corrected chi connectivity index (χ0v) is 15.7. The number of para-hydroxylation sites is 2. The Morgan fingerprint density at radius 1 is 1.21 bits per heavy atom. The molecule has 6 nitrogen and oxygen atoms in total. The number of halogens is 2. The highest BCUT2D eigenvalue weighted by atomic mass is 35.5. The van der Waals surface area contributed by atoms with E-state index in [1.165, 1.54) is 22.7 Å². The van der Waals surface area contributed by atoms with Crippen molar-refractivity contribution in [2.45, 2.75) is 6.10 Å². The summed E-state index contributed by atoms with van der Waals surface area (Å²) in [6, 6.07) is 11.7. The number of rotatable bonds is 2. The van der Waals surface area contributed by atoms with E-state index in [1.807, 2.05) is 18.2 Å². The maximum atomic E-state index is 14.0. The summed E-state index contributed by atoms with van der Waals surface area (Å²) in [4.78, 5) is 17.4. The summed E-state index contributed by atoms with van der Waals surface area (Å²) >= 11 is 7.14. The predicted molar refractivity (Wildman–Crippen MR) is 103 cm³/mol. The second kappa shape index (κ2) is 6.57. The van der Waals surface area contributed by atoms with Crippen molar-refractivity contribution in [3.63, 3.8) is 0 Å². The van der Waals surface area contributed by atoms with Crippen LogP contribution in [0, 0.1) is 5.82 Å². The molecule has 140 valence electrons. The van der Waals surface area contributed by atoms with E-state index in [-0.39, 0.29) is 17.2 Å². The fourth-order valence-corrected chi connectivity index (χ4v) is 4.03. The molecule has 0 saturated carbocycles. The molecule has 1 aliphatic rings. The van der Waals surface area contributed by atoms with Crippen molar-refractivity contribution in [2.24, 2.45) is 0 Å².